The number of anilines is 1. The van der Waals surface area contributed by atoms with E-state index in [0.29, 0.717) is 42.0 Å². The molecule has 2 atom stereocenters. The molecule has 5 rings (SSSR count). The second-order valence-corrected chi connectivity index (χ2v) is 8.60. The maximum absolute atomic E-state index is 13.0. The van der Waals surface area contributed by atoms with Crippen molar-refractivity contribution in [1.82, 2.24) is 14.8 Å². The first-order valence-electron chi connectivity index (χ1n) is 11.0. The third kappa shape index (κ3) is 3.66. The van der Waals surface area contributed by atoms with Crippen LogP contribution in [0, 0.1) is 5.92 Å². The van der Waals surface area contributed by atoms with Crippen molar-refractivity contribution in [3.05, 3.63) is 41.9 Å². The molecular formula is C23H27N5O4. The largest absolute Gasteiger partial charge is 0.488 e. The van der Waals surface area contributed by atoms with E-state index < -0.39 is 6.04 Å². The second-order valence-electron chi connectivity index (χ2n) is 8.60. The van der Waals surface area contributed by atoms with Crippen LogP contribution in [0.2, 0.25) is 0 Å². The highest BCUT2D eigenvalue weighted by Gasteiger charge is 2.35. The maximum atomic E-state index is 13.0. The minimum Gasteiger partial charge on any atom is -0.488 e. The number of piperidine rings is 1. The Kier molecular flexibility index (Phi) is 5.42. The molecule has 0 aliphatic carbocycles. The zero-order chi connectivity index (χ0) is 22.2. The number of rotatable bonds is 4. The van der Waals surface area contributed by atoms with E-state index in [1.54, 1.807) is 30.5 Å². The molecule has 1 fully saturated rings. The monoisotopic (exact) mass is 437 g/mol. The van der Waals surface area contributed by atoms with E-state index in [1.807, 2.05) is 22.0 Å². The average molecular weight is 438 g/mol. The van der Waals surface area contributed by atoms with Crippen LogP contribution in [-0.2, 0) is 9.53 Å². The number of hydrogen-bond donors (Lipinski definition) is 0. The molecule has 168 valence electrons. The summed E-state index contributed by atoms with van der Waals surface area (Å²) in [5.41, 5.74) is 1.42. The zero-order valence-corrected chi connectivity index (χ0v) is 18.4. The smallest absolute Gasteiger partial charge is 0.259 e. The minimum absolute atomic E-state index is 0.00278. The fraction of sp³-hybridized carbons (Fsp3) is 0.478. The molecule has 9 heteroatoms. The van der Waals surface area contributed by atoms with Crippen LogP contribution in [0.4, 0.5) is 5.82 Å². The number of carbonyl (C=O) groups is 2. The van der Waals surface area contributed by atoms with E-state index in [0.717, 1.165) is 31.6 Å². The summed E-state index contributed by atoms with van der Waals surface area (Å²) in [6.45, 7) is 5.08. The third-order valence-corrected chi connectivity index (χ3v) is 6.22. The highest BCUT2D eigenvalue weighted by molar-refractivity contribution is 6.13. The Morgan fingerprint density at radius 2 is 2.22 bits per heavy atom. The van der Waals surface area contributed by atoms with Crippen molar-refractivity contribution in [3.63, 3.8) is 0 Å². The van der Waals surface area contributed by atoms with E-state index >= 15 is 0 Å². The van der Waals surface area contributed by atoms with E-state index in [-0.39, 0.29) is 18.4 Å². The topological polar surface area (TPSA) is 87.6 Å². The minimum atomic E-state index is -0.517. The molecule has 1 aromatic heterocycles. The molecule has 1 unspecified atom stereocenters. The van der Waals surface area contributed by atoms with Gasteiger partial charge in [0.2, 0.25) is 0 Å². The number of hydrogen-bond acceptors (Lipinski definition) is 7. The van der Waals surface area contributed by atoms with Gasteiger partial charge in [0.05, 0.1) is 18.7 Å². The van der Waals surface area contributed by atoms with Gasteiger partial charge in [0.1, 0.15) is 12.4 Å². The molecule has 2 amide bonds. The summed E-state index contributed by atoms with van der Waals surface area (Å²) in [5, 5.41) is 0. The molecule has 0 radical (unpaired) electrons. The molecule has 0 saturated carbocycles. The number of pyridine rings is 1. The van der Waals surface area contributed by atoms with Gasteiger partial charge in [-0.2, -0.15) is 0 Å². The van der Waals surface area contributed by atoms with Crippen molar-refractivity contribution in [2.45, 2.75) is 25.8 Å². The van der Waals surface area contributed by atoms with Gasteiger partial charge >= 0.3 is 0 Å². The van der Waals surface area contributed by atoms with Gasteiger partial charge in [0, 0.05) is 44.4 Å². The van der Waals surface area contributed by atoms with Crippen LogP contribution in [0.3, 0.4) is 0 Å². The fourth-order valence-corrected chi connectivity index (χ4v) is 4.60. The Labute approximate surface area is 187 Å². The van der Waals surface area contributed by atoms with Crippen molar-refractivity contribution < 1.29 is 19.1 Å². The molecular weight excluding hydrogens is 410 g/mol. The Hall–Kier alpha value is -3.20. The average Bonchev–Trinajstić information content (AvgIpc) is 3.12. The van der Waals surface area contributed by atoms with Crippen molar-refractivity contribution in [2.24, 2.45) is 10.9 Å². The number of aliphatic imine (C=N–C) groups is 1. The van der Waals surface area contributed by atoms with Crippen molar-refractivity contribution in [2.75, 3.05) is 44.9 Å². The second kappa shape index (κ2) is 8.38. The first-order chi connectivity index (χ1) is 15.5. The molecule has 1 saturated heterocycles. The molecule has 0 N–H and O–H groups in total. The summed E-state index contributed by atoms with van der Waals surface area (Å²) in [5.74, 6) is 2.26. The first kappa shape index (κ1) is 20.7. The van der Waals surface area contributed by atoms with Crippen LogP contribution in [0.5, 0.6) is 5.75 Å². The van der Waals surface area contributed by atoms with E-state index in [2.05, 4.69) is 16.9 Å². The number of methoxy groups -OCH3 is 1. The quantitative estimate of drug-likeness (QED) is 0.714. The van der Waals surface area contributed by atoms with E-state index in [9.17, 15) is 9.59 Å². The molecule has 1 aromatic rings. The summed E-state index contributed by atoms with van der Waals surface area (Å²) >= 11 is 0. The molecule has 0 spiro atoms. The van der Waals surface area contributed by atoms with Gasteiger partial charge in [0.25, 0.3) is 11.8 Å². The Morgan fingerprint density at radius 3 is 3.03 bits per heavy atom. The third-order valence-electron chi connectivity index (χ3n) is 6.22. The lowest BCUT2D eigenvalue weighted by Crippen LogP contribution is -2.39. The van der Waals surface area contributed by atoms with Gasteiger partial charge in [-0.15, -0.1) is 0 Å². The molecule has 0 aromatic carbocycles. The standard InChI is InChI=1S/C23H27N5O4/c1-15-4-3-6-26(13-15)22(29)16-10-19-21(24-12-16)27(8-9-32-19)17-5-7-28-20(11-17)25-18(14-31-2)23(28)30/h5,7,10-12,15,18H,3-4,6,8-9,13-14H2,1-2H3/t15-,18?/m0/s1. The summed E-state index contributed by atoms with van der Waals surface area (Å²) < 4.78 is 11.0. The van der Waals surface area contributed by atoms with Gasteiger partial charge in [-0.3, -0.25) is 19.5 Å². The summed E-state index contributed by atoms with van der Waals surface area (Å²) in [6.07, 6.45) is 9.30. The number of allylic oxidation sites excluding steroid dienone is 1. The lowest BCUT2D eigenvalue weighted by Gasteiger charge is -2.33. The number of fused-ring (bicyclic) bond motifs is 2. The Bertz CT molecular complexity index is 1030. The molecule has 32 heavy (non-hydrogen) atoms. The molecule has 4 aliphatic heterocycles. The van der Waals surface area contributed by atoms with Gasteiger partial charge in [-0.1, -0.05) is 6.92 Å². The van der Waals surface area contributed by atoms with Gasteiger partial charge in [-0.25, -0.2) is 4.98 Å². The normalized spacial score (nSPS) is 24.6. The lowest BCUT2D eigenvalue weighted by molar-refractivity contribution is -0.126. The summed E-state index contributed by atoms with van der Waals surface area (Å²) in [6, 6.07) is 1.28. The zero-order valence-electron chi connectivity index (χ0n) is 18.4. The van der Waals surface area contributed by atoms with E-state index in [4.69, 9.17) is 9.47 Å². The number of ether oxygens (including phenoxy) is 2. The first-order valence-corrected chi connectivity index (χ1v) is 11.0. The molecule has 4 aliphatic rings. The predicted octanol–water partition coefficient (Wildman–Crippen LogP) is 1.82. The number of likely N-dealkylation sites (tertiary alicyclic amines) is 1. The van der Waals surface area contributed by atoms with Gasteiger partial charge in [-0.05, 0) is 30.9 Å². The van der Waals surface area contributed by atoms with Gasteiger partial charge < -0.3 is 19.3 Å². The summed E-state index contributed by atoms with van der Waals surface area (Å²) in [4.78, 5) is 40.0. The number of carbonyl (C=O) groups excluding carboxylic acids is 2. The lowest BCUT2D eigenvalue weighted by atomic mass is 10.00. The Morgan fingerprint density at radius 1 is 1.34 bits per heavy atom. The number of amidine groups is 1. The van der Waals surface area contributed by atoms with Crippen molar-refractivity contribution in [3.8, 4) is 5.75 Å². The molecule has 5 heterocycles. The van der Waals surface area contributed by atoms with E-state index in [1.165, 1.54) is 0 Å². The van der Waals surface area contributed by atoms with Crippen LogP contribution in [0.1, 0.15) is 30.1 Å². The predicted molar refractivity (Wildman–Crippen MR) is 119 cm³/mol. The molecule has 0 bridgehead atoms. The van der Waals surface area contributed by atoms with Crippen LogP contribution < -0.4 is 9.64 Å². The highest BCUT2D eigenvalue weighted by Crippen LogP contribution is 2.34. The van der Waals surface area contributed by atoms with Crippen LogP contribution in [0.15, 0.2) is 41.3 Å². The fourth-order valence-electron chi connectivity index (χ4n) is 4.60. The SMILES string of the molecule is COCC1N=C2C=C(N3CCOc4cc(C(=O)N5CCC[C@H](C)C5)cnc43)C=CN2C1=O. The molecule has 9 nitrogen and oxygen atoms in total. The van der Waals surface area contributed by atoms with Crippen molar-refractivity contribution >= 4 is 23.5 Å². The van der Waals surface area contributed by atoms with Crippen molar-refractivity contribution in [1.29, 1.82) is 0 Å². The highest BCUT2D eigenvalue weighted by atomic mass is 16.5. The van der Waals surface area contributed by atoms with Gasteiger partial charge in [0.15, 0.2) is 17.6 Å². The Balaban J connectivity index is 1.39. The number of aromatic nitrogens is 1. The van der Waals surface area contributed by atoms with Crippen LogP contribution >= 0.6 is 0 Å². The number of amides is 2. The van der Waals surface area contributed by atoms with Crippen LogP contribution in [0.25, 0.3) is 0 Å². The van der Waals surface area contributed by atoms with Crippen LogP contribution in [-0.4, -0.2) is 78.4 Å². The summed E-state index contributed by atoms with van der Waals surface area (Å²) in [7, 11) is 1.56. The maximum Gasteiger partial charge on any atom is 0.259 e. The number of nitrogens with zero attached hydrogens (tertiary/aromatic N) is 5.